The average Bonchev–Trinajstić information content (AvgIpc) is 2.89. The summed E-state index contributed by atoms with van der Waals surface area (Å²) in [6, 6.07) is 14.0. The number of carbonyl (C=O) groups excluding carboxylic acids is 3. The Morgan fingerprint density at radius 2 is 1.92 bits per heavy atom. The summed E-state index contributed by atoms with van der Waals surface area (Å²) in [6.07, 6.45) is 5.59. The third kappa shape index (κ3) is 7.26. The van der Waals surface area contributed by atoms with Crippen LogP contribution in [-0.2, 0) is 33.2 Å². The van der Waals surface area contributed by atoms with Crippen molar-refractivity contribution in [2.45, 2.75) is 68.0 Å². The van der Waals surface area contributed by atoms with Crippen molar-refractivity contribution in [1.29, 1.82) is 0 Å². The summed E-state index contributed by atoms with van der Waals surface area (Å²) < 4.78 is 5.78. The molecule has 2 saturated heterocycles. The van der Waals surface area contributed by atoms with E-state index in [1.54, 1.807) is 11.8 Å². The SMILES string of the molecule is CN(Cc1c(C=O)cccc1SCc1ccc(CNCC2CCCCO2)cc1)C1CCC(=O)NC1=O. The van der Waals surface area contributed by atoms with Crippen molar-refractivity contribution in [3.63, 3.8) is 0 Å². The van der Waals surface area contributed by atoms with E-state index in [0.29, 0.717) is 31.1 Å². The molecule has 2 heterocycles. The molecule has 8 heteroatoms. The zero-order valence-electron chi connectivity index (χ0n) is 20.8. The number of ether oxygens (including phenoxy) is 1. The lowest BCUT2D eigenvalue weighted by atomic mass is 10.0. The van der Waals surface area contributed by atoms with E-state index >= 15 is 0 Å². The molecule has 2 aliphatic rings. The Labute approximate surface area is 217 Å². The van der Waals surface area contributed by atoms with E-state index in [9.17, 15) is 14.4 Å². The van der Waals surface area contributed by atoms with Gasteiger partial charge in [-0.15, -0.1) is 11.8 Å². The topological polar surface area (TPSA) is 87.7 Å². The van der Waals surface area contributed by atoms with Crippen LogP contribution in [0.2, 0.25) is 0 Å². The fraction of sp³-hybridized carbons (Fsp3) is 0.464. The van der Waals surface area contributed by atoms with E-state index in [1.165, 1.54) is 24.0 Å². The van der Waals surface area contributed by atoms with Crippen LogP contribution in [0.25, 0.3) is 0 Å². The summed E-state index contributed by atoms with van der Waals surface area (Å²) in [5.41, 5.74) is 3.99. The van der Waals surface area contributed by atoms with Crippen molar-refractivity contribution in [3.05, 3.63) is 64.7 Å². The van der Waals surface area contributed by atoms with E-state index in [2.05, 4.69) is 34.9 Å². The van der Waals surface area contributed by atoms with Gasteiger partial charge in [-0.2, -0.15) is 0 Å². The molecule has 192 valence electrons. The van der Waals surface area contributed by atoms with Gasteiger partial charge >= 0.3 is 0 Å². The highest BCUT2D eigenvalue weighted by Crippen LogP contribution is 2.30. The Kier molecular flexibility index (Phi) is 9.69. The number of nitrogens with zero attached hydrogens (tertiary/aromatic N) is 1. The molecule has 4 rings (SSSR count). The van der Waals surface area contributed by atoms with Gasteiger partial charge in [-0.3, -0.25) is 24.6 Å². The lowest BCUT2D eigenvalue weighted by molar-refractivity contribution is -0.137. The molecule has 36 heavy (non-hydrogen) atoms. The number of likely N-dealkylation sites (N-methyl/N-ethyl adjacent to an activating group) is 1. The Morgan fingerprint density at radius 1 is 1.11 bits per heavy atom. The van der Waals surface area contributed by atoms with Crippen molar-refractivity contribution >= 4 is 29.9 Å². The number of imide groups is 1. The molecule has 2 aliphatic heterocycles. The molecular weight excluding hydrogens is 474 g/mol. The van der Waals surface area contributed by atoms with Gasteiger partial charge in [0.25, 0.3) is 0 Å². The highest BCUT2D eigenvalue weighted by Gasteiger charge is 2.30. The molecule has 2 unspecified atom stereocenters. The standard InChI is InChI=1S/C28H35N3O4S/c1-31(25-12-13-27(33)30-28(25)34)17-24-22(18-32)5-4-7-26(24)36-19-21-10-8-20(9-11-21)15-29-16-23-6-2-3-14-35-23/h4-5,7-11,18,23,25,29H,2-3,6,12-17,19H2,1H3,(H,30,33,34). The highest BCUT2D eigenvalue weighted by molar-refractivity contribution is 7.98. The molecule has 0 spiro atoms. The Bertz CT molecular complexity index is 1050. The van der Waals surface area contributed by atoms with Gasteiger partial charge in [0.1, 0.15) is 6.29 Å². The summed E-state index contributed by atoms with van der Waals surface area (Å²) in [5, 5.41) is 5.92. The Hall–Kier alpha value is -2.52. The maximum atomic E-state index is 12.3. The monoisotopic (exact) mass is 509 g/mol. The van der Waals surface area contributed by atoms with Gasteiger partial charge in [-0.05, 0) is 55.5 Å². The molecular formula is C28H35N3O4S. The number of thioether (sulfide) groups is 1. The first-order valence-electron chi connectivity index (χ1n) is 12.7. The minimum atomic E-state index is -0.383. The fourth-order valence-corrected chi connectivity index (χ4v) is 5.77. The van der Waals surface area contributed by atoms with E-state index < -0.39 is 0 Å². The number of benzene rings is 2. The largest absolute Gasteiger partial charge is 0.377 e. The molecule has 2 N–H and O–H groups in total. The van der Waals surface area contributed by atoms with Crippen LogP contribution in [0.4, 0.5) is 0 Å². The number of hydrogen-bond donors (Lipinski definition) is 2. The van der Waals surface area contributed by atoms with Gasteiger partial charge in [0.15, 0.2) is 0 Å². The van der Waals surface area contributed by atoms with Crippen LogP contribution in [-0.4, -0.2) is 55.3 Å². The second-order valence-corrected chi connectivity index (χ2v) is 10.6. The smallest absolute Gasteiger partial charge is 0.243 e. The number of aldehydes is 1. The van der Waals surface area contributed by atoms with Gasteiger partial charge in [0.05, 0.1) is 12.1 Å². The molecule has 0 aliphatic carbocycles. The molecule has 7 nitrogen and oxygen atoms in total. The molecule has 2 fully saturated rings. The quantitative estimate of drug-likeness (QED) is 0.271. The lowest BCUT2D eigenvalue weighted by Gasteiger charge is -2.30. The van der Waals surface area contributed by atoms with E-state index in [1.807, 2.05) is 30.1 Å². The molecule has 0 radical (unpaired) electrons. The number of piperidine rings is 1. The Morgan fingerprint density at radius 3 is 2.64 bits per heavy atom. The van der Waals surface area contributed by atoms with E-state index in [4.69, 9.17) is 4.74 Å². The van der Waals surface area contributed by atoms with Crippen LogP contribution in [0.5, 0.6) is 0 Å². The summed E-state index contributed by atoms with van der Waals surface area (Å²) in [5.74, 6) is 0.280. The van der Waals surface area contributed by atoms with Crippen molar-refractivity contribution in [1.82, 2.24) is 15.5 Å². The normalized spacial score (nSPS) is 20.4. The second kappa shape index (κ2) is 13.1. The number of carbonyl (C=O) groups is 3. The average molecular weight is 510 g/mol. The number of rotatable bonds is 11. The summed E-state index contributed by atoms with van der Waals surface area (Å²) in [6.45, 7) is 3.05. The first kappa shape index (κ1) is 26.5. The molecule has 2 amide bonds. The fourth-order valence-electron chi connectivity index (χ4n) is 4.72. The van der Waals surface area contributed by atoms with E-state index in [0.717, 1.165) is 48.6 Å². The first-order valence-corrected chi connectivity index (χ1v) is 13.7. The van der Waals surface area contributed by atoms with Crippen LogP contribution in [0.15, 0.2) is 47.4 Å². The minimum Gasteiger partial charge on any atom is -0.377 e. The van der Waals surface area contributed by atoms with Crippen LogP contribution >= 0.6 is 11.8 Å². The zero-order chi connectivity index (χ0) is 25.3. The van der Waals surface area contributed by atoms with Gasteiger partial charge in [0.2, 0.25) is 11.8 Å². The third-order valence-electron chi connectivity index (χ3n) is 6.84. The molecule has 0 saturated carbocycles. The second-order valence-electron chi connectivity index (χ2n) is 9.55. The predicted octanol–water partition coefficient (Wildman–Crippen LogP) is 3.69. The lowest BCUT2D eigenvalue weighted by Crippen LogP contribution is -2.51. The number of amides is 2. The third-order valence-corrected chi connectivity index (χ3v) is 8.01. The highest BCUT2D eigenvalue weighted by atomic mass is 32.2. The van der Waals surface area contributed by atoms with Crippen molar-refractivity contribution in [2.75, 3.05) is 20.2 Å². The molecule has 2 atom stereocenters. The van der Waals surface area contributed by atoms with Gasteiger partial charge in [-0.1, -0.05) is 36.4 Å². The van der Waals surface area contributed by atoms with Gasteiger partial charge in [-0.25, -0.2) is 0 Å². The van der Waals surface area contributed by atoms with Crippen LogP contribution < -0.4 is 10.6 Å². The van der Waals surface area contributed by atoms with Crippen molar-refractivity contribution < 1.29 is 19.1 Å². The van der Waals surface area contributed by atoms with Gasteiger partial charge < -0.3 is 10.1 Å². The molecule has 0 aromatic heterocycles. The predicted molar refractivity (Wildman–Crippen MR) is 141 cm³/mol. The molecule has 0 bridgehead atoms. The Balaban J connectivity index is 1.33. The van der Waals surface area contributed by atoms with Crippen molar-refractivity contribution in [3.8, 4) is 0 Å². The van der Waals surface area contributed by atoms with Crippen LogP contribution in [0, 0.1) is 0 Å². The zero-order valence-corrected chi connectivity index (χ0v) is 21.6. The number of hydrogen-bond acceptors (Lipinski definition) is 7. The molecule has 2 aromatic rings. The number of nitrogens with one attached hydrogen (secondary N) is 2. The van der Waals surface area contributed by atoms with E-state index in [-0.39, 0.29) is 17.9 Å². The minimum absolute atomic E-state index is 0.228. The van der Waals surface area contributed by atoms with Crippen molar-refractivity contribution in [2.24, 2.45) is 0 Å². The van der Waals surface area contributed by atoms with Gasteiger partial charge in [0, 0.05) is 48.9 Å². The summed E-state index contributed by atoms with van der Waals surface area (Å²) >= 11 is 1.69. The molecule has 2 aromatic carbocycles. The van der Waals surface area contributed by atoms with Crippen LogP contribution in [0.3, 0.4) is 0 Å². The maximum Gasteiger partial charge on any atom is 0.243 e. The summed E-state index contributed by atoms with van der Waals surface area (Å²) in [7, 11) is 1.86. The summed E-state index contributed by atoms with van der Waals surface area (Å²) in [4.78, 5) is 38.5. The van der Waals surface area contributed by atoms with Crippen LogP contribution in [0.1, 0.15) is 59.2 Å². The maximum absolute atomic E-state index is 12.3. The first-order chi connectivity index (χ1) is 17.5.